The molecule has 1 aromatic carbocycles. The van der Waals surface area contributed by atoms with Crippen molar-refractivity contribution in [3.05, 3.63) is 48.3 Å². The average molecular weight is 384 g/mol. The molecule has 0 radical (unpaired) electrons. The Morgan fingerprint density at radius 1 is 1.11 bits per heavy atom. The van der Waals surface area contributed by atoms with Gasteiger partial charge in [-0.05, 0) is 30.7 Å². The normalized spacial score (nSPS) is 14.1. The quantitative estimate of drug-likeness (QED) is 0.704. The number of nitrogens with one attached hydrogen (secondary N) is 1. The summed E-state index contributed by atoms with van der Waals surface area (Å²) in [6.07, 6.45) is 2.48. The highest BCUT2D eigenvalue weighted by molar-refractivity contribution is 5.93. The molecule has 1 amide bonds. The first-order chi connectivity index (χ1) is 13.7. The molecule has 1 aromatic heterocycles. The lowest BCUT2D eigenvalue weighted by atomic mass is 10.2. The van der Waals surface area contributed by atoms with E-state index in [9.17, 15) is 4.79 Å². The summed E-state index contributed by atoms with van der Waals surface area (Å²) >= 11 is 0. The minimum Gasteiger partial charge on any atom is -0.495 e. The molecular formula is C21H28N4O3. The zero-order valence-corrected chi connectivity index (χ0v) is 16.6. The first kappa shape index (κ1) is 19.9. The Morgan fingerprint density at radius 2 is 1.86 bits per heavy atom. The molecule has 150 valence electrons. The van der Waals surface area contributed by atoms with Crippen molar-refractivity contribution in [3.63, 3.8) is 0 Å². The van der Waals surface area contributed by atoms with Crippen LogP contribution in [-0.4, -0.2) is 64.4 Å². The van der Waals surface area contributed by atoms with E-state index in [2.05, 4.69) is 26.2 Å². The summed E-state index contributed by atoms with van der Waals surface area (Å²) in [5.41, 5.74) is 2.59. The number of ether oxygens (including phenoxy) is 2. The van der Waals surface area contributed by atoms with Crippen LogP contribution < -0.4 is 19.9 Å². The summed E-state index contributed by atoms with van der Waals surface area (Å²) in [5, 5.41) is 2.88. The molecule has 2 heterocycles. The molecule has 2 aromatic rings. The number of aromatic nitrogens is 1. The minimum atomic E-state index is -0.148. The lowest BCUT2D eigenvalue weighted by molar-refractivity contribution is 0.0943. The molecule has 0 saturated carbocycles. The van der Waals surface area contributed by atoms with Gasteiger partial charge in [0.25, 0.3) is 5.91 Å². The van der Waals surface area contributed by atoms with Crippen molar-refractivity contribution in [2.75, 3.05) is 63.4 Å². The number of anilines is 2. The largest absolute Gasteiger partial charge is 0.495 e. The van der Waals surface area contributed by atoms with E-state index in [0.29, 0.717) is 18.8 Å². The van der Waals surface area contributed by atoms with E-state index in [0.717, 1.165) is 49.7 Å². The second-order valence-electron chi connectivity index (χ2n) is 6.65. The first-order valence-corrected chi connectivity index (χ1v) is 9.59. The van der Waals surface area contributed by atoms with Crippen molar-refractivity contribution < 1.29 is 14.3 Å². The third-order valence-electron chi connectivity index (χ3n) is 4.86. The highest BCUT2D eigenvalue weighted by Crippen LogP contribution is 2.29. The maximum atomic E-state index is 12.3. The second-order valence-corrected chi connectivity index (χ2v) is 6.65. The van der Waals surface area contributed by atoms with Crippen LogP contribution in [0.5, 0.6) is 5.75 Å². The number of para-hydroxylation sites is 2. The molecule has 0 aliphatic carbocycles. The molecule has 1 aliphatic heterocycles. The Hall–Kier alpha value is -2.80. The monoisotopic (exact) mass is 384 g/mol. The summed E-state index contributed by atoms with van der Waals surface area (Å²) in [7, 11) is 3.36. The zero-order valence-electron chi connectivity index (χ0n) is 16.6. The Bertz CT molecular complexity index is 776. The third-order valence-corrected chi connectivity index (χ3v) is 4.86. The Morgan fingerprint density at radius 3 is 2.61 bits per heavy atom. The van der Waals surface area contributed by atoms with E-state index in [-0.39, 0.29) is 5.91 Å². The van der Waals surface area contributed by atoms with Crippen molar-refractivity contribution in [1.82, 2.24) is 10.3 Å². The number of piperazine rings is 1. The van der Waals surface area contributed by atoms with Gasteiger partial charge in [0.1, 0.15) is 11.4 Å². The molecule has 1 N–H and O–H groups in total. The second kappa shape index (κ2) is 9.94. The Balaban J connectivity index is 1.59. The minimum absolute atomic E-state index is 0.148. The van der Waals surface area contributed by atoms with Crippen LogP contribution in [0.4, 0.5) is 11.4 Å². The van der Waals surface area contributed by atoms with Crippen LogP contribution in [0.25, 0.3) is 0 Å². The van der Waals surface area contributed by atoms with Crippen molar-refractivity contribution in [2.45, 2.75) is 6.42 Å². The number of pyridine rings is 1. The summed E-state index contributed by atoms with van der Waals surface area (Å²) in [6.45, 7) is 4.73. The average Bonchev–Trinajstić information content (AvgIpc) is 2.77. The van der Waals surface area contributed by atoms with Crippen LogP contribution >= 0.6 is 0 Å². The maximum absolute atomic E-state index is 12.3. The predicted molar refractivity (Wildman–Crippen MR) is 110 cm³/mol. The van der Waals surface area contributed by atoms with Crippen LogP contribution in [0.3, 0.4) is 0 Å². The van der Waals surface area contributed by atoms with Gasteiger partial charge >= 0.3 is 0 Å². The van der Waals surface area contributed by atoms with E-state index in [1.165, 1.54) is 0 Å². The molecule has 7 heteroatoms. The van der Waals surface area contributed by atoms with E-state index in [4.69, 9.17) is 9.47 Å². The van der Waals surface area contributed by atoms with Gasteiger partial charge in [0, 0.05) is 58.3 Å². The lowest BCUT2D eigenvalue weighted by Gasteiger charge is -2.37. The van der Waals surface area contributed by atoms with Gasteiger partial charge in [-0.15, -0.1) is 0 Å². The van der Waals surface area contributed by atoms with Crippen molar-refractivity contribution in [2.24, 2.45) is 0 Å². The predicted octanol–water partition coefficient (Wildman–Crippen LogP) is 2.18. The molecule has 1 saturated heterocycles. The van der Waals surface area contributed by atoms with Crippen LogP contribution in [-0.2, 0) is 4.74 Å². The van der Waals surface area contributed by atoms with E-state index in [1.807, 2.05) is 30.3 Å². The van der Waals surface area contributed by atoms with Gasteiger partial charge in [0.15, 0.2) is 0 Å². The van der Waals surface area contributed by atoms with Crippen molar-refractivity contribution in [1.29, 1.82) is 0 Å². The van der Waals surface area contributed by atoms with Gasteiger partial charge in [0.2, 0.25) is 0 Å². The number of hydrogen-bond donors (Lipinski definition) is 1. The van der Waals surface area contributed by atoms with E-state index >= 15 is 0 Å². The number of nitrogens with zero attached hydrogens (tertiary/aromatic N) is 3. The van der Waals surface area contributed by atoms with E-state index in [1.54, 1.807) is 20.4 Å². The van der Waals surface area contributed by atoms with Gasteiger partial charge in [-0.2, -0.15) is 0 Å². The molecule has 0 spiro atoms. The summed E-state index contributed by atoms with van der Waals surface area (Å²) in [6, 6.07) is 11.9. The number of hydrogen-bond acceptors (Lipinski definition) is 6. The number of benzene rings is 1. The summed E-state index contributed by atoms with van der Waals surface area (Å²) in [5.74, 6) is 0.748. The van der Waals surface area contributed by atoms with Gasteiger partial charge in [-0.25, -0.2) is 0 Å². The molecule has 1 fully saturated rings. The molecule has 28 heavy (non-hydrogen) atoms. The van der Waals surface area contributed by atoms with E-state index < -0.39 is 0 Å². The molecular weight excluding hydrogens is 356 g/mol. The van der Waals surface area contributed by atoms with Gasteiger partial charge in [-0.3, -0.25) is 9.78 Å². The number of methoxy groups -OCH3 is 2. The highest BCUT2D eigenvalue weighted by atomic mass is 16.5. The highest BCUT2D eigenvalue weighted by Gasteiger charge is 2.20. The number of rotatable bonds is 8. The van der Waals surface area contributed by atoms with Crippen molar-refractivity contribution in [3.8, 4) is 5.75 Å². The summed E-state index contributed by atoms with van der Waals surface area (Å²) in [4.78, 5) is 21.1. The fourth-order valence-electron chi connectivity index (χ4n) is 3.35. The topological polar surface area (TPSA) is 66.9 Å². The molecule has 0 bridgehead atoms. The molecule has 0 atom stereocenters. The molecule has 7 nitrogen and oxygen atoms in total. The number of carbonyl (C=O) groups is 1. The van der Waals surface area contributed by atoms with Crippen LogP contribution in [0.15, 0.2) is 42.6 Å². The number of amides is 1. The SMILES string of the molecule is COCCCNC(=O)c1cc(N2CCN(c3ccccc3OC)CC2)ccn1. The lowest BCUT2D eigenvalue weighted by Crippen LogP contribution is -2.46. The fraction of sp³-hybridized carbons (Fsp3) is 0.429. The Kier molecular flexibility index (Phi) is 7.08. The van der Waals surface area contributed by atoms with Gasteiger partial charge < -0.3 is 24.6 Å². The Labute approximate surface area is 166 Å². The fourth-order valence-corrected chi connectivity index (χ4v) is 3.35. The molecule has 3 rings (SSSR count). The zero-order chi connectivity index (χ0) is 19.8. The molecule has 1 aliphatic rings. The smallest absolute Gasteiger partial charge is 0.269 e. The third kappa shape index (κ3) is 4.92. The van der Waals surface area contributed by atoms with Crippen LogP contribution in [0, 0.1) is 0 Å². The molecule has 0 unspecified atom stereocenters. The van der Waals surface area contributed by atoms with Gasteiger partial charge in [-0.1, -0.05) is 12.1 Å². The summed E-state index contributed by atoms with van der Waals surface area (Å²) < 4.78 is 10.5. The van der Waals surface area contributed by atoms with Crippen LogP contribution in [0.1, 0.15) is 16.9 Å². The number of carbonyl (C=O) groups excluding carboxylic acids is 1. The van der Waals surface area contributed by atoms with Crippen LogP contribution in [0.2, 0.25) is 0 Å². The standard InChI is InChI=1S/C21H28N4O3/c1-27-15-5-9-23-21(26)18-16-17(8-10-22-18)24-11-13-25(14-12-24)19-6-3-4-7-20(19)28-2/h3-4,6-8,10,16H,5,9,11-15H2,1-2H3,(H,23,26). The maximum Gasteiger partial charge on any atom is 0.269 e. The first-order valence-electron chi connectivity index (χ1n) is 9.59. The van der Waals surface area contributed by atoms with Crippen molar-refractivity contribution >= 4 is 17.3 Å². The van der Waals surface area contributed by atoms with Gasteiger partial charge in [0.05, 0.1) is 12.8 Å².